The number of rotatable bonds is 4. The van der Waals surface area contributed by atoms with Gasteiger partial charge in [0, 0.05) is 5.92 Å². The summed E-state index contributed by atoms with van der Waals surface area (Å²) in [5, 5.41) is 0. The average molecular weight is 330 g/mol. The second kappa shape index (κ2) is 6.85. The summed E-state index contributed by atoms with van der Waals surface area (Å²) in [7, 11) is -3.72. The molecule has 0 radical (unpaired) electrons. The third-order valence-corrected chi connectivity index (χ3v) is 5.84. The van der Waals surface area contributed by atoms with Gasteiger partial charge < -0.3 is 0 Å². The molecule has 0 saturated heterocycles. The Morgan fingerprint density at radius 2 is 1.57 bits per heavy atom. The minimum Gasteiger partial charge on any atom is -0.262 e. The molecule has 2 atom stereocenters. The standard InChI is InChI=1S/C19H22O3S/c1-15-11-13-17(14-12-15)23(20,21)22-19-10-6-5-9-18(19)16-7-3-2-4-8-16/h2-4,7-8,11-14,18-19H,5-6,9-10H2,1H3/t18-,19-/m0/s1. The lowest BCUT2D eigenvalue weighted by Gasteiger charge is -2.31. The van der Waals surface area contributed by atoms with Crippen LogP contribution < -0.4 is 0 Å². The van der Waals surface area contributed by atoms with Gasteiger partial charge in [0.05, 0.1) is 11.0 Å². The van der Waals surface area contributed by atoms with Crippen molar-refractivity contribution in [2.45, 2.75) is 49.5 Å². The maximum atomic E-state index is 12.6. The summed E-state index contributed by atoms with van der Waals surface area (Å²) in [4.78, 5) is 0.237. The van der Waals surface area contributed by atoms with Crippen LogP contribution >= 0.6 is 0 Å². The fourth-order valence-corrected chi connectivity index (χ4v) is 4.35. The summed E-state index contributed by atoms with van der Waals surface area (Å²) in [6.45, 7) is 1.93. The Hall–Kier alpha value is -1.65. The van der Waals surface area contributed by atoms with Crippen LogP contribution in [0, 0.1) is 6.92 Å². The third-order valence-electron chi connectivity index (χ3n) is 4.49. The van der Waals surface area contributed by atoms with Crippen molar-refractivity contribution in [1.29, 1.82) is 0 Å². The quantitative estimate of drug-likeness (QED) is 0.779. The maximum absolute atomic E-state index is 12.6. The summed E-state index contributed by atoms with van der Waals surface area (Å²) >= 11 is 0. The molecule has 122 valence electrons. The van der Waals surface area contributed by atoms with Crippen LogP contribution in [0.2, 0.25) is 0 Å². The number of hydrogen-bond acceptors (Lipinski definition) is 3. The minimum atomic E-state index is -3.72. The van der Waals surface area contributed by atoms with Crippen molar-refractivity contribution in [3.05, 3.63) is 65.7 Å². The molecule has 3 nitrogen and oxygen atoms in total. The van der Waals surface area contributed by atoms with Gasteiger partial charge in [0.1, 0.15) is 0 Å². The van der Waals surface area contributed by atoms with E-state index in [4.69, 9.17) is 4.18 Å². The van der Waals surface area contributed by atoms with Crippen LogP contribution in [0.1, 0.15) is 42.7 Å². The molecule has 1 fully saturated rings. The topological polar surface area (TPSA) is 43.4 Å². The van der Waals surface area contributed by atoms with Gasteiger partial charge in [-0.2, -0.15) is 8.42 Å². The molecule has 0 amide bonds. The molecule has 2 aromatic rings. The Kier molecular flexibility index (Phi) is 4.83. The number of benzene rings is 2. The average Bonchev–Trinajstić information content (AvgIpc) is 2.56. The molecule has 2 aromatic carbocycles. The fourth-order valence-electron chi connectivity index (χ4n) is 3.22. The Labute approximate surface area is 138 Å². The molecule has 3 rings (SSSR count). The Morgan fingerprint density at radius 3 is 2.26 bits per heavy atom. The van der Waals surface area contributed by atoms with Gasteiger partial charge in [-0.15, -0.1) is 0 Å². The Bertz CT molecular complexity index is 736. The van der Waals surface area contributed by atoms with Gasteiger partial charge in [-0.05, 0) is 37.5 Å². The van der Waals surface area contributed by atoms with Crippen molar-refractivity contribution in [3.63, 3.8) is 0 Å². The molecule has 0 heterocycles. The fraction of sp³-hybridized carbons (Fsp3) is 0.368. The first-order chi connectivity index (χ1) is 11.1. The summed E-state index contributed by atoms with van der Waals surface area (Å²) < 4.78 is 30.8. The Balaban J connectivity index is 1.83. The molecule has 1 aliphatic rings. The zero-order valence-electron chi connectivity index (χ0n) is 13.3. The molecular weight excluding hydrogens is 308 g/mol. The van der Waals surface area contributed by atoms with Gasteiger partial charge in [0.2, 0.25) is 0 Å². The molecule has 0 spiro atoms. The van der Waals surface area contributed by atoms with Crippen molar-refractivity contribution in [2.75, 3.05) is 0 Å². The van der Waals surface area contributed by atoms with Gasteiger partial charge in [0.25, 0.3) is 10.1 Å². The first-order valence-corrected chi connectivity index (χ1v) is 9.52. The van der Waals surface area contributed by atoms with E-state index in [1.54, 1.807) is 24.3 Å². The van der Waals surface area contributed by atoms with E-state index in [-0.39, 0.29) is 16.9 Å². The van der Waals surface area contributed by atoms with Gasteiger partial charge in [-0.1, -0.05) is 60.9 Å². The molecule has 23 heavy (non-hydrogen) atoms. The summed E-state index contributed by atoms with van der Waals surface area (Å²) in [5.41, 5.74) is 2.19. The van der Waals surface area contributed by atoms with E-state index in [0.29, 0.717) is 0 Å². The lowest BCUT2D eigenvalue weighted by atomic mass is 9.82. The molecule has 0 aliphatic heterocycles. The van der Waals surface area contributed by atoms with Crippen molar-refractivity contribution in [1.82, 2.24) is 0 Å². The van der Waals surface area contributed by atoms with E-state index in [2.05, 4.69) is 12.1 Å². The predicted octanol–water partition coefficient (Wildman–Crippen LogP) is 4.43. The highest BCUT2D eigenvalue weighted by atomic mass is 32.2. The predicted molar refractivity (Wildman–Crippen MR) is 90.9 cm³/mol. The van der Waals surface area contributed by atoms with Crippen molar-refractivity contribution in [3.8, 4) is 0 Å². The van der Waals surface area contributed by atoms with Crippen LogP contribution in [0.25, 0.3) is 0 Å². The van der Waals surface area contributed by atoms with Crippen LogP contribution in [-0.2, 0) is 14.3 Å². The maximum Gasteiger partial charge on any atom is 0.297 e. The Morgan fingerprint density at radius 1 is 0.913 bits per heavy atom. The summed E-state index contributed by atoms with van der Waals surface area (Å²) in [6.07, 6.45) is 3.60. The highest BCUT2D eigenvalue weighted by Crippen LogP contribution is 2.36. The first-order valence-electron chi connectivity index (χ1n) is 8.11. The molecule has 0 aromatic heterocycles. The van der Waals surface area contributed by atoms with Crippen LogP contribution in [0.5, 0.6) is 0 Å². The molecule has 0 unspecified atom stereocenters. The zero-order chi connectivity index (χ0) is 16.3. The van der Waals surface area contributed by atoms with Crippen molar-refractivity contribution >= 4 is 10.1 Å². The molecule has 0 N–H and O–H groups in total. The van der Waals surface area contributed by atoms with Crippen LogP contribution in [-0.4, -0.2) is 14.5 Å². The highest BCUT2D eigenvalue weighted by Gasteiger charge is 2.31. The number of hydrogen-bond donors (Lipinski definition) is 0. The second-order valence-electron chi connectivity index (χ2n) is 6.20. The lowest BCUT2D eigenvalue weighted by Crippen LogP contribution is -2.28. The zero-order valence-corrected chi connectivity index (χ0v) is 14.1. The van der Waals surface area contributed by atoms with Crippen molar-refractivity contribution < 1.29 is 12.6 Å². The monoisotopic (exact) mass is 330 g/mol. The van der Waals surface area contributed by atoms with Crippen LogP contribution in [0.15, 0.2) is 59.5 Å². The number of aryl methyl sites for hydroxylation is 1. The normalized spacial score (nSPS) is 22.0. The van der Waals surface area contributed by atoms with E-state index in [9.17, 15) is 8.42 Å². The van der Waals surface area contributed by atoms with Gasteiger partial charge in [-0.3, -0.25) is 4.18 Å². The molecule has 1 aliphatic carbocycles. The van der Waals surface area contributed by atoms with Crippen LogP contribution in [0.3, 0.4) is 0 Å². The second-order valence-corrected chi connectivity index (χ2v) is 7.78. The van der Waals surface area contributed by atoms with E-state index >= 15 is 0 Å². The van der Waals surface area contributed by atoms with Gasteiger partial charge in [0.15, 0.2) is 0 Å². The molecule has 1 saturated carbocycles. The molecular formula is C19H22O3S. The van der Waals surface area contributed by atoms with Crippen molar-refractivity contribution in [2.24, 2.45) is 0 Å². The summed E-state index contributed by atoms with van der Waals surface area (Å²) in [5.74, 6) is 0.144. The molecule has 4 heteroatoms. The van der Waals surface area contributed by atoms with Crippen LogP contribution in [0.4, 0.5) is 0 Å². The van der Waals surface area contributed by atoms with E-state index in [1.807, 2.05) is 25.1 Å². The summed E-state index contributed by atoms with van der Waals surface area (Å²) in [6, 6.07) is 16.9. The lowest BCUT2D eigenvalue weighted by molar-refractivity contribution is 0.137. The first kappa shape index (κ1) is 16.2. The van der Waals surface area contributed by atoms with E-state index in [1.165, 1.54) is 0 Å². The highest BCUT2D eigenvalue weighted by molar-refractivity contribution is 7.86. The SMILES string of the molecule is Cc1ccc(S(=O)(=O)O[C@H]2CCCC[C@H]2c2ccccc2)cc1. The van der Waals surface area contributed by atoms with E-state index in [0.717, 1.165) is 36.8 Å². The minimum absolute atomic E-state index is 0.144. The van der Waals surface area contributed by atoms with Gasteiger partial charge >= 0.3 is 0 Å². The largest absolute Gasteiger partial charge is 0.297 e. The third kappa shape index (κ3) is 3.82. The van der Waals surface area contributed by atoms with Gasteiger partial charge in [-0.25, -0.2) is 0 Å². The molecule has 0 bridgehead atoms. The van der Waals surface area contributed by atoms with E-state index < -0.39 is 10.1 Å². The smallest absolute Gasteiger partial charge is 0.262 e.